The maximum absolute atomic E-state index is 13.8. The number of hydrogen-bond acceptors (Lipinski definition) is 5. The first kappa shape index (κ1) is 19.2. The van der Waals surface area contributed by atoms with Crippen molar-refractivity contribution in [2.24, 2.45) is 0 Å². The number of thioether (sulfide) groups is 1. The summed E-state index contributed by atoms with van der Waals surface area (Å²) in [5, 5.41) is 0.495. The molecule has 1 aliphatic heterocycles. The van der Waals surface area contributed by atoms with Gasteiger partial charge in [-0.25, -0.2) is 4.39 Å². The molecule has 2 heterocycles. The largest absolute Gasteiger partial charge is 0.467 e. The third kappa shape index (κ3) is 4.15. The lowest BCUT2D eigenvalue weighted by atomic mass is 10.1. The molecule has 1 aromatic heterocycles. The van der Waals surface area contributed by atoms with Crippen LogP contribution in [0.2, 0.25) is 0 Å². The highest BCUT2D eigenvalue weighted by Crippen LogP contribution is 2.31. The van der Waals surface area contributed by atoms with Crippen LogP contribution in [0.1, 0.15) is 30.1 Å². The molecule has 0 unspecified atom stereocenters. The third-order valence-corrected chi connectivity index (χ3v) is 6.53. The van der Waals surface area contributed by atoms with Crippen molar-refractivity contribution in [2.45, 2.75) is 30.8 Å². The number of aromatic nitrogens is 1. The van der Waals surface area contributed by atoms with E-state index in [1.54, 1.807) is 17.8 Å². The molecule has 3 aromatic rings. The quantitative estimate of drug-likeness (QED) is 0.534. The molecule has 1 saturated heterocycles. The van der Waals surface area contributed by atoms with Gasteiger partial charge in [0.1, 0.15) is 17.4 Å². The Hall–Kier alpha value is -2.12. The summed E-state index contributed by atoms with van der Waals surface area (Å²) in [5.74, 6) is 0.724. The van der Waals surface area contributed by atoms with Crippen LogP contribution in [0.25, 0.3) is 10.2 Å². The van der Waals surface area contributed by atoms with Crippen LogP contribution < -0.4 is 4.74 Å². The standard InChI is InChI=1S/C21H21FN2O2S2/c1-2-27-16-6-3-5-14(13-16)20(25)24-11-9-15(10-12-24)26-21-23-19-17(22)7-4-8-18(19)28-21/h3-8,13,15H,2,9-12H2,1H3. The number of fused-ring (bicyclic) bond motifs is 1. The van der Waals surface area contributed by atoms with E-state index in [1.807, 2.05) is 35.2 Å². The fourth-order valence-electron chi connectivity index (χ4n) is 3.33. The van der Waals surface area contributed by atoms with Crippen molar-refractivity contribution >= 4 is 39.2 Å². The van der Waals surface area contributed by atoms with Crippen LogP contribution in [-0.2, 0) is 0 Å². The van der Waals surface area contributed by atoms with E-state index >= 15 is 0 Å². The fourth-order valence-corrected chi connectivity index (χ4v) is 4.95. The first-order valence-corrected chi connectivity index (χ1v) is 11.2. The van der Waals surface area contributed by atoms with E-state index in [0.29, 0.717) is 23.8 Å². The van der Waals surface area contributed by atoms with Gasteiger partial charge < -0.3 is 9.64 Å². The Bertz CT molecular complexity index is 983. The van der Waals surface area contributed by atoms with E-state index in [0.717, 1.165) is 33.8 Å². The van der Waals surface area contributed by atoms with Gasteiger partial charge in [0, 0.05) is 36.4 Å². The number of carbonyl (C=O) groups excluding carboxylic acids is 1. The van der Waals surface area contributed by atoms with Crippen molar-refractivity contribution in [1.82, 2.24) is 9.88 Å². The van der Waals surface area contributed by atoms with Crippen molar-refractivity contribution in [1.29, 1.82) is 0 Å². The maximum Gasteiger partial charge on any atom is 0.274 e. The van der Waals surface area contributed by atoms with Gasteiger partial charge in [0.25, 0.3) is 11.1 Å². The topological polar surface area (TPSA) is 42.4 Å². The summed E-state index contributed by atoms with van der Waals surface area (Å²) < 4.78 is 20.6. The van der Waals surface area contributed by atoms with E-state index in [1.165, 1.54) is 17.4 Å². The number of para-hydroxylation sites is 1. The van der Waals surface area contributed by atoms with Crippen molar-refractivity contribution in [3.63, 3.8) is 0 Å². The maximum atomic E-state index is 13.8. The third-order valence-electron chi connectivity index (χ3n) is 4.74. The van der Waals surface area contributed by atoms with Gasteiger partial charge in [-0.15, -0.1) is 11.8 Å². The fraction of sp³-hybridized carbons (Fsp3) is 0.333. The minimum Gasteiger partial charge on any atom is -0.467 e. The minimum atomic E-state index is -0.326. The Balaban J connectivity index is 1.36. The zero-order valence-electron chi connectivity index (χ0n) is 15.6. The number of rotatable bonds is 5. The number of carbonyl (C=O) groups is 1. The smallest absolute Gasteiger partial charge is 0.274 e. The van der Waals surface area contributed by atoms with Crippen molar-refractivity contribution in [2.75, 3.05) is 18.8 Å². The highest BCUT2D eigenvalue weighted by Gasteiger charge is 2.25. The van der Waals surface area contributed by atoms with E-state index < -0.39 is 0 Å². The van der Waals surface area contributed by atoms with E-state index in [-0.39, 0.29) is 17.8 Å². The average Bonchev–Trinajstić information content (AvgIpc) is 3.12. The molecule has 7 heteroatoms. The van der Waals surface area contributed by atoms with Crippen LogP contribution in [0.15, 0.2) is 47.4 Å². The number of thiazole rings is 1. The van der Waals surface area contributed by atoms with Gasteiger partial charge in [-0.2, -0.15) is 4.98 Å². The molecule has 0 aliphatic carbocycles. The molecule has 0 spiro atoms. The van der Waals surface area contributed by atoms with Gasteiger partial charge in [0.2, 0.25) is 0 Å². The number of amides is 1. The van der Waals surface area contributed by atoms with Crippen molar-refractivity contribution in [3.05, 3.63) is 53.8 Å². The number of piperidine rings is 1. The summed E-state index contributed by atoms with van der Waals surface area (Å²) >= 11 is 3.09. The summed E-state index contributed by atoms with van der Waals surface area (Å²) in [4.78, 5) is 20.1. The molecular formula is C21H21FN2O2S2. The highest BCUT2D eigenvalue weighted by atomic mass is 32.2. The predicted molar refractivity (Wildman–Crippen MR) is 112 cm³/mol. The summed E-state index contributed by atoms with van der Waals surface area (Å²) in [5.41, 5.74) is 1.10. The van der Waals surface area contributed by atoms with Crippen molar-refractivity contribution in [3.8, 4) is 5.19 Å². The Morgan fingerprint density at radius 1 is 1.29 bits per heavy atom. The number of likely N-dealkylation sites (tertiary alicyclic amines) is 1. The first-order valence-electron chi connectivity index (χ1n) is 9.38. The second-order valence-corrected chi connectivity index (χ2v) is 8.97. The van der Waals surface area contributed by atoms with Gasteiger partial charge in [-0.1, -0.05) is 30.4 Å². The lowest BCUT2D eigenvalue weighted by molar-refractivity contribution is 0.0595. The van der Waals surface area contributed by atoms with Crippen LogP contribution in [0, 0.1) is 5.82 Å². The monoisotopic (exact) mass is 416 g/mol. The number of benzene rings is 2. The molecule has 0 radical (unpaired) electrons. The molecule has 0 N–H and O–H groups in total. The first-order chi connectivity index (χ1) is 13.6. The van der Waals surface area contributed by atoms with Crippen molar-refractivity contribution < 1.29 is 13.9 Å². The summed E-state index contributed by atoms with van der Waals surface area (Å²) in [6.07, 6.45) is 1.48. The Morgan fingerprint density at radius 3 is 2.82 bits per heavy atom. The molecule has 1 aliphatic rings. The second kappa shape index (κ2) is 8.49. The molecule has 28 heavy (non-hydrogen) atoms. The molecule has 4 nitrogen and oxygen atoms in total. The number of hydrogen-bond donors (Lipinski definition) is 0. The number of halogens is 1. The Kier molecular flexibility index (Phi) is 5.82. The van der Waals surface area contributed by atoms with Gasteiger partial charge in [0.05, 0.1) is 4.70 Å². The number of ether oxygens (including phenoxy) is 1. The SMILES string of the molecule is CCSc1cccc(C(=O)N2CCC(Oc3nc4c(F)cccc4s3)CC2)c1. The molecule has 4 rings (SSSR count). The zero-order chi connectivity index (χ0) is 19.5. The lowest BCUT2D eigenvalue weighted by Crippen LogP contribution is -2.41. The zero-order valence-corrected chi connectivity index (χ0v) is 17.2. The molecular weight excluding hydrogens is 395 g/mol. The average molecular weight is 417 g/mol. The van der Waals surface area contributed by atoms with Gasteiger partial charge in [-0.3, -0.25) is 4.79 Å². The van der Waals surface area contributed by atoms with Crippen LogP contribution in [0.4, 0.5) is 4.39 Å². The molecule has 1 fully saturated rings. The number of nitrogens with zero attached hydrogens (tertiary/aromatic N) is 2. The lowest BCUT2D eigenvalue weighted by Gasteiger charge is -2.31. The normalized spacial score (nSPS) is 15.1. The van der Waals surface area contributed by atoms with E-state index in [2.05, 4.69) is 11.9 Å². The van der Waals surface area contributed by atoms with E-state index in [4.69, 9.17) is 4.74 Å². The Labute approximate surface area is 171 Å². The molecule has 1 amide bonds. The highest BCUT2D eigenvalue weighted by molar-refractivity contribution is 7.99. The van der Waals surface area contributed by atoms with Gasteiger partial charge in [-0.05, 0) is 36.1 Å². The molecule has 0 bridgehead atoms. The van der Waals surface area contributed by atoms with Crippen LogP contribution in [0.5, 0.6) is 5.19 Å². The molecule has 0 atom stereocenters. The second-order valence-electron chi connectivity index (χ2n) is 6.64. The summed E-state index contributed by atoms with van der Waals surface area (Å²) in [6, 6.07) is 12.7. The molecule has 0 saturated carbocycles. The summed E-state index contributed by atoms with van der Waals surface area (Å²) in [7, 11) is 0. The summed E-state index contributed by atoms with van der Waals surface area (Å²) in [6.45, 7) is 3.39. The van der Waals surface area contributed by atoms with Crippen LogP contribution in [0.3, 0.4) is 0 Å². The minimum absolute atomic E-state index is 0.00495. The Morgan fingerprint density at radius 2 is 2.07 bits per heavy atom. The predicted octanol–water partition coefficient (Wildman–Crippen LogP) is 5.23. The van der Waals surface area contributed by atoms with Gasteiger partial charge >= 0.3 is 0 Å². The van der Waals surface area contributed by atoms with Crippen LogP contribution in [-0.4, -0.2) is 40.7 Å². The molecule has 2 aromatic carbocycles. The molecule has 146 valence electrons. The van der Waals surface area contributed by atoms with Gasteiger partial charge in [0.15, 0.2) is 0 Å². The van der Waals surface area contributed by atoms with Crippen LogP contribution >= 0.6 is 23.1 Å². The van der Waals surface area contributed by atoms with E-state index in [9.17, 15) is 9.18 Å².